The fourth-order valence-electron chi connectivity index (χ4n) is 2.89. The number of benzene rings is 2. The third kappa shape index (κ3) is 3.96. The van der Waals surface area contributed by atoms with E-state index in [1.54, 1.807) is 32.0 Å². The molecule has 0 fully saturated rings. The molecule has 2 aromatic rings. The van der Waals surface area contributed by atoms with E-state index in [2.05, 4.69) is 31.4 Å². The highest BCUT2D eigenvalue weighted by Gasteiger charge is 2.37. The highest BCUT2D eigenvalue weighted by Crippen LogP contribution is 2.35. The number of anilines is 2. The summed E-state index contributed by atoms with van der Waals surface area (Å²) >= 11 is 0. The number of para-hydroxylation sites is 1. The molecule has 148 valence electrons. The molecule has 0 spiro atoms. The van der Waals surface area contributed by atoms with Crippen molar-refractivity contribution in [1.29, 1.82) is 0 Å². The number of carbonyl (C=O) groups is 2. The number of fused-ring (bicyclic) bond motifs is 1. The Morgan fingerprint density at radius 2 is 1.50 bits per heavy atom. The molecule has 0 atom stereocenters. The predicted molar refractivity (Wildman–Crippen MR) is 109 cm³/mol. The maximum atomic E-state index is 12.9. The summed E-state index contributed by atoms with van der Waals surface area (Å²) in [5, 5.41) is 5.71. The first-order valence-corrected chi connectivity index (χ1v) is 9.21. The molecule has 28 heavy (non-hydrogen) atoms. The molecular weight excluding hydrogens is 356 g/mol. The number of amides is 2. The summed E-state index contributed by atoms with van der Waals surface area (Å²) in [7, 11) is 0. The Hall–Kier alpha value is -3.02. The molecule has 0 radical (unpaired) electrons. The molecular formula is C22H26N2O4. The van der Waals surface area contributed by atoms with E-state index >= 15 is 0 Å². The van der Waals surface area contributed by atoms with Crippen molar-refractivity contribution in [3.05, 3.63) is 48.0 Å². The van der Waals surface area contributed by atoms with Crippen LogP contribution in [0.5, 0.6) is 11.5 Å². The molecule has 6 heteroatoms. The first-order chi connectivity index (χ1) is 13.1. The summed E-state index contributed by atoms with van der Waals surface area (Å²) in [5.74, 6) is 0.424. The van der Waals surface area contributed by atoms with Gasteiger partial charge >= 0.3 is 0 Å². The van der Waals surface area contributed by atoms with Gasteiger partial charge in [0.2, 0.25) is 18.6 Å². The Balaban J connectivity index is 1.75. The van der Waals surface area contributed by atoms with Gasteiger partial charge in [-0.25, -0.2) is 0 Å². The molecule has 3 rings (SSSR count). The van der Waals surface area contributed by atoms with E-state index in [1.807, 2.05) is 24.3 Å². The number of nitrogens with one attached hydrogen (secondary N) is 2. The van der Waals surface area contributed by atoms with Crippen molar-refractivity contribution in [2.24, 2.45) is 5.41 Å². The van der Waals surface area contributed by atoms with Gasteiger partial charge < -0.3 is 20.1 Å². The van der Waals surface area contributed by atoms with Crippen LogP contribution in [-0.2, 0) is 15.0 Å². The maximum absolute atomic E-state index is 12.9. The fourth-order valence-corrected chi connectivity index (χ4v) is 2.89. The standard InChI is InChI=1S/C22H26N2O4/c1-21(2,3)15-8-6-7-9-16(15)24-20(26)22(4,5)19(25)23-14-10-11-17-18(12-14)28-13-27-17/h6-12H,13H2,1-5H3,(H,23,25)(H,24,26). The smallest absolute Gasteiger partial charge is 0.239 e. The van der Waals surface area contributed by atoms with E-state index < -0.39 is 11.3 Å². The second-order valence-electron chi connectivity index (χ2n) is 8.40. The highest BCUT2D eigenvalue weighted by atomic mass is 16.7. The third-order valence-electron chi connectivity index (χ3n) is 4.75. The van der Waals surface area contributed by atoms with Gasteiger partial charge in [-0.15, -0.1) is 0 Å². The van der Waals surface area contributed by atoms with Gasteiger partial charge in [-0.3, -0.25) is 9.59 Å². The van der Waals surface area contributed by atoms with Crippen molar-refractivity contribution in [2.45, 2.75) is 40.0 Å². The van der Waals surface area contributed by atoms with Crippen molar-refractivity contribution in [3.63, 3.8) is 0 Å². The van der Waals surface area contributed by atoms with Gasteiger partial charge in [-0.1, -0.05) is 39.0 Å². The van der Waals surface area contributed by atoms with Crippen molar-refractivity contribution < 1.29 is 19.1 Å². The molecule has 2 amide bonds. The summed E-state index contributed by atoms with van der Waals surface area (Å²) in [4.78, 5) is 25.7. The number of hydrogen-bond donors (Lipinski definition) is 2. The molecule has 1 aliphatic heterocycles. The van der Waals surface area contributed by atoms with Crippen molar-refractivity contribution in [1.82, 2.24) is 0 Å². The number of rotatable bonds is 4. The molecule has 0 aromatic heterocycles. The average Bonchev–Trinajstić information content (AvgIpc) is 3.09. The van der Waals surface area contributed by atoms with Gasteiger partial charge in [0.1, 0.15) is 5.41 Å². The van der Waals surface area contributed by atoms with Crippen molar-refractivity contribution in [2.75, 3.05) is 17.4 Å². The third-order valence-corrected chi connectivity index (χ3v) is 4.75. The van der Waals surface area contributed by atoms with Crippen molar-refractivity contribution in [3.8, 4) is 11.5 Å². The summed E-state index contributed by atoms with van der Waals surface area (Å²) in [6.45, 7) is 9.60. The Bertz CT molecular complexity index is 913. The maximum Gasteiger partial charge on any atom is 0.239 e. The lowest BCUT2D eigenvalue weighted by atomic mass is 9.85. The number of ether oxygens (including phenoxy) is 2. The minimum atomic E-state index is -1.28. The normalized spacial score (nSPS) is 13.2. The largest absolute Gasteiger partial charge is 0.454 e. The van der Waals surface area contributed by atoms with E-state index in [1.165, 1.54) is 0 Å². The molecule has 0 unspecified atom stereocenters. The molecule has 0 saturated carbocycles. The van der Waals surface area contributed by atoms with E-state index in [0.29, 0.717) is 22.9 Å². The number of carbonyl (C=O) groups excluding carboxylic acids is 2. The van der Waals surface area contributed by atoms with Gasteiger partial charge in [0.25, 0.3) is 0 Å². The molecule has 2 N–H and O–H groups in total. The fraction of sp³-hybridized carbons (Fsp3) is 0.364. The van der Waals surface area contributed by atoms with Crippen LogP contribution >= 0.6 is 0 Å². The first kappa shape index (κ1) is 19.7. The summed E-state index contributed by atoms with van der Waals surface area (Å²) < 4.78 is 10.6. The average molecular weight is 382 g/mol. The van der Waals surface area contributed by atoms with Crippen LogP contribution in [0.15, 0.2) is 42.5 Å². The molecule has 0 bridgehead atoms. The van der Waals surface area contributed by atoms with E-state index in [4.69, 9.17) is 9.47 Å². The zero-order valence-corrected chi connectivity index (χ0v) is 16.9. The molecule has 1 aliphatic rings. The van der Waals surface area contributed by atoms with Crippen LogP contribution in [0, 0.1) is 5.41 Å². The van der Waals surface area contributed by atoms with Crippen LogP contribution in [-0.4, -0.2) is 18.6 Å². The van der Waals surface area contributed by atoms with Crippen LogP contribution < -0.4 is 20.1 Å². The Labute approximate surface area is 165 Å². The molecule has 6 nitrogen and oxygen atoms in total. The van der Waals surface area contributed by atoms with Gasteiger partial charge in [-0.2, -0.15) is 0 Å². The minimum absolute atomic E-state index is 0.136. The monoisotopic (exact) mass is 382 g/mol. The predicted octanol–water partition coefficient (Wildman–Crippen LogP) is 4.32. The summed E-state index contributed by atoms with van der Waals surface area (Å²) in [6, 6.07) is 12.8. The van der Waals surface area contributed by atoms with Crippen LogP contribution in [0.1, 0.15) is 40.2 Å². The Morgan fingerprint density at radius 1 is 0.857 bits per heavy atom. The quantitative estimate of drug-likeness (QED) is 0.772. The lowest BCUT2D eigenvalue weighted by Gasteiger charge is -2.26. The van der Waals surface area contributed by atoms with E-state index in [-0.39, 0.29) is 18.1 Å². The minimum Gasteiger partial charge on any atom is -0.454 e. The SMILES string of the molecule is CC(C)(C(=O)Nc1ccc2c(c1)OCO2)C(=O)Nc1ccccc1C(C)(C)C. The van der Waals surface area contributed by atoms with Crippen LogP contribution in [0.4, 0.5) is 11.4 Å². The van der Waals surface area contributed by atoms with Gasteiger partial charge in [0, 0.05) is 17.4 Å². The van der Waals surface area contributed by atoms with Crippen LogP contribution in [0.25, 0.3) is 0 Å². The Morgan fingerprint density at radius 3 is 2.21 bits per heavy atom. The topological polar surface area (TPSA) is 76.7 Å². The second kappa shape index (κ2) is 7.19. The van der Waals surface area contributed by atoms with E-state index in [0.717, 1.165) is 5.56 Å². The summed E-state index contributed by atoms with van der Waals surface area (Å²) in [6.07, 6.45) is 0. The van der Waals surface area contributed by atoms with Gasteiger partial charge in [0.05, 0.1) is 0 Å². The lowest BCUT2D eigenvalue weighted by Crippen LogP contribution is -2.42. The molecule has 2 aromatic carbocycles. The molecule has 0 saturated heterocycles. The van der Waals surface area contributed by atoms with Crippen molar-refractivity contribution >= 4 is 23.2 Å². The molecule has 0 aliphatic carbocycles. The molecule has 1 heterocycles. The van der Waals surface area contributed by atoms with Gasteiger partial charge in [0.15, 0.2) is 11.5 Å². The van der Waals surface area contributed by atoms with Crippen LogP contribution in [0.3, 0.4) is 0 Å². The zero-order valence-electron chi connectivity index (χ0n) is 16.9. The van der Waals surface area contributed by atoms with Crippen LogP contribution in [0.2, 0.25) is 0 Å². The summed E-state index contributed by atoms with van der Waals surface area (Å²) in [5.41, 5.74) is 0.855. The first-order valence-electron chi connectivity index (χ1n) is 9.21. The van der Waals surface area contributed by atoms with Gasteiger partial charge in [-0.05, 0) is 43.0 Å². The Kier molecular flexibility index (Phi) is 5.06. The lowest BCUT2D eigenvalue weighted by molar-refractivity contribution is -0.135. The highest BCUT2D eigenvalue weighted by molar-refractivity contribution is 6.14. The number of hydrogen-bond acceptors (Lipinski definition) is 4. The second-order valence-corrected chi connectivity index (χ2v) is 8.40. The van der Waals surface area contributed by atoms with E-state index in [9.17, 15) is 9.59 Å². The zero-order chi connectivity index (χ0) is 20.5.